The van der Waals surface area contributed by atoms with Crippen LogP contribution in [0.15, 0.2) is 24.5 Å². The van der Waals surface area contributed by atoms with Crippen LogP contribution in [-0.4, -0.2) is 42.3 Å². The predicted octanol–water partition coefficient (Wildman–Crippen LogP) is 0.819. The minimum absolute atomic E-state index is 0.353. The highest BCUT2D eigenvalue weighted by molar-refractivity contribution is 4.91. The first kappa shape index (κ1) is 8.78. The monoisotopic (exact) mass is 180 g/mol. The Morgan fingerprint density at radius 3 is 2.85 bits per heavy atom. The molecule has 72 valence electrons. The molecule has 0 saturated carbocycles. The Bertz CT molecular complexity index is 245. The molecule has 1 fully saturated rings. The van der Waals surface area contributed by atoms with Crippen molar-refractivity contribution in [2.45, 2.75) is 12.6 Å². The SMILES string of the molecule is CN1CCOC(Cn2cccc2)C1. The summed E-state index contributed by atoms with van der Waals surface area (Å²) in [6.45, 7) is 3.93. The van der Waals surface area contributed by atoms with Crippen molar-refractivity contribution in [3.05, 3.63) is 24.5 Å². The number of aromatic nitrogens is 1. The lowest BCUT2D eigenvalue weighted by Gasteiger charge is -2.30. The molecular weight excluding hydrogens is 164 g/mol. The van der Waals surface area contributed by atoms with Crippen LogP contribution in [0.25, 0.3) is 0 Å². The number of ether oxygens (including phenoxy) is 1. The molecule has 1 atom stereocenters. The second kappa shape index (κ2) is 3.94. The average molecular weight is 180 g/mol. The Hall–Kier alpha value is -0.800. The molecule has 1 unspecified atom stereocenters. The molecule has 0 bridgehead atoms. The van der Waals surface area contributed by atoms with Gasteiger partial charge in [-0.05, 0) is 19.2 Å². The zero-order chi connectivity index (χ0) is 9.10. The van der Waals surface area contributed by atoms with Gasteiger partial charge in [0, 0.05) is 32.0 Å². The highest BCUT2D eigenvalue weighted by atomic mass is 16.5. The fraction of sp³-hybridized carbons (Fsp3) is 0.600. The van der Waals surface area contributed by atoms with Crippen LogP contribution in [-0.2, 0) is 11.3 Å². The van der Waals surface area contributed by atoms with Gasteiger partial charge in [0.05, 0.1) is 12.7 Å². The molecule has 0 spiro atoms. The Morgan fingerprint density at radius 2 is 2.15 bits per heavy atom. The van der Waals surface area contributed by atoms with E-state index in [0.717, 1.165) is 26.2 Å². The van der Waals surface area contributed by atoms with Crippen molar-refractivity contribution in [2.75, 3.05) is 26.7 Å². The van der Waals surface area contributed by atoms with E-state index < -0.39 is 0 Å². The zero-order valence-corrected chi connectivity index (χ0v) is 8.02. The number of likely N-dealkylation sites (N-methyl/N-ethyl adjacent to an activating group) is 1. The lowest BCUT2D eigenvalue weighted by Crippen LogP contribution is -2.41. The molecule has 2 heterocycles. The van der Waals surface area contributed by atoms with Crippen molar-refractivity contribution in [2.24, 2.45) is 0 Å². The van der Waals surface area contributed by atoms with Crippen LogP contribution in [0.2, 0.25) is 0 Å². The molecule has 0 aromatic carbocycles. The van der Waals surface area contributed by atoms with Crippen LogP contribution in [0.4, 0.5) is 0 Å². The first-order valence-electron chi connectivity index (χ1n) is 4.75. The van der Waals surface area contributed by atoms with Gasteiger partial charge < -0.3 is 14.2 Å². The minimum atomic E-state index is 0.353. The topological polar surface area (TPSA) is 17.4 Å². The maximum absolute atomic E-state index is 5.66. The van der Waals surface area contributed by atoms with Crippen LogP contribution in [0.1, 0.15) is 0 Å². The molecule has 1 aliphatic rings. The third-order valence-corrected chi connectivity index (χ3v) is 2.42. The molecule has 3 nitrogen and oxygen atoms in total. The van der Waals surface area contributed by atoms with E-state index in [9.17, 15) is 0 Å². The highest BCUT2D eigenvalue weighted by Gasteiger charge is 2.17. The van der Waals surface area contributed by atoms with Gasteiger partial charge in [0.1, 0.15) is 0 Å². The van der Waals surface area contributed by atoms with Gasteiger partial charge in [0.25, 0.3) is 0 Å². The molecule has 1 saturated heterocycles. The molecule has 0 radical (unpaired) electrons. The van der Waals surface area contributed by atoms with Crippen molar-refractivity contribution in [3.8, 4) is 0 Å². The van der Waals surface area contributed by atoms with Gasteiger partial charge in [-0.1, -0.05) is 0 Å². The van der Waals surface area contributed by atoms with Crippen molar-refractivity contribution in [1.82, 2.24) is 9.47 Å². The minimum Gasteiger partial charge on any atom is -0.374 e. The molecule has 1 aliphatic heterocycles. The Balaban J connectivity index is 1.87. The van der Waals surface area contributed by atoms with Crippen LogP contribution in [0, 0.1) is 0 Å². The van der Waals surface area contributed by atoms with Crippen LogP contribution >= 0.6 is 0 Å². The summed E-state index contributed by atoms with van der Waals surface area (Å²) in [7, 11) is 2.14. The van der Waals surface area contributed by atoms with E-state index in [2.05, 4.69) is 28.9 Å². The fourth-order valence-electron chi connectivity index (χ4n) is 1.70. The van der Waals surface area contributed by atoms with E-state index in [1.807, 2.05) is 12.1 Å². The van der Waals surface area contributed by atoms with E-state index in [0.29, 0.717) is 6.10 Å². The summed E-state index contributed by atoms with van der Waals surface area (Å²) >= 11 is 0. The molecule has 0 amide bonds. The van der Waals surface area contributed by atoms with Gasteiger partial charge in [-0.25, -0.2) is 0 Å². The van der Waals surface area contributed by atoms with Crippen molar-refractivity contribution < 1.29 is 4.74 Å². The first-order valence-corrected chi connectivity index (χ1v) is 4.75. The number of hydrogen-bond acceptors (Lipinski definition) is 2. The van der Waals surface area contributed by atoms with Gasteiger partial charge in [-0.15, -0.1) is 0 Å². The highest BCUT2D eigenvalue weighted by Crippen LogP contribution is 2.05. The summed E-state index contributed by atoms with van der Waals surface area (Å²) in [5, 5.41) is 0. The van der Waals surface area contributed by atoms with Crippen molar-refractivity contribution in [1.29, 1.82) is 0 Å². The summed E-state index contributed by atoms with van der Waals surface area (Å²) in [5.74, 6) is 0. The molecular formula is C10H16N2O. The average Bonchev–Trinajstić information content (AvgIpc) is 2.57. The molecule has 13 heavy (non-hydrogen) atoms. The van der Waals surface area contributed by atoms with E-state index in [-0.39, 0.29) is 0 Å². The van der Waals surface area contributed by atoms with Gasteiger partial charge >= 0.3 is 0 Å². The number of hydrogen-bond donors (Lipinski definition) is 0. The molecule has 0 N–H and O–H groups in total. The van der Waals surface area contributed by atoms with Crippen LogP contribution in [0.5, 0.6) is 0 Å². The van der Waals surface area contributed by atoms with Gasteiger partial charge in [-0.3, -0.25) is 0 Å². The van der Waals surface area contributed by atoms with Gasteiger partial charge in [-0.2, -0.15) is 0 Å². The predicted molar refractivity (Wildman–Crippen MR) is 51.7 cm³/mol. The summed E-state index contributed by atoms with van der Waals surface area (Å²) in [6, 6.07) is 4.10. The molecule has 1 aromatic heterocycles. The largest absolute Gasteiger partial charge is 0.374 e. The van der Waals surface area contributed by atoms with E-state index in [1.54, 1.807) is 0 Å². The van der Waals surface area contributed by atoms with Crippen LogP contribution in [0.3, 0.4) is 0 Å². The number of nitrogens with zero attached hydrogens (tertiary/aromatic N) is 2. The lowest BCUT2D eigenvalue weighted by atomic mass is 10.3. The Labute approximate surface area is 78.9 Å². The van der Waals surface area contributed by atoms with E-state index in [1.165, 1.54) is 0 Å². The Kier molecular flexibility index (Phi) is 2.66. The lowest BCUT2D eigenvalue weighted by molar-refractivity contribution is -0.0274. The zero-order valence-electron chi connectivity index (χ0n) is 8.02. The van der Waals surface area contributed by atoms with E-state index in [4.69, 9.17) is 4.74 Å². The Morgan fingerprint density at radius 1 is 1.38 bits per heavy atom. The third-order valence-electron chi connectivity index (χ3n) is 2.42. The number of rotatable bonds is 2. The maximum Gasteiger partial charge on any atom is 0.0880 e. The van der Waals surface area contributed by atoms with Crippen LogP contribution < -0.4 is 0 Å². The van der Waals surface area contributed by atoms with Gasteiger partial charge in [0.2, 0.25) is 0 Å². The fourth-order valence-corrected chi connectivity index (χ4v) is 1.70. The second-order valence-corrected chi connectivity index (χ2v) is 3.63. The summed E-state index contributed by atoms with van der Waals surface area (Å²) in [5.41, 5.74) is 0. The van der Waals surface area contributed by atoms with E-state index >= 15 is 0 Å². The molecule has 2 rings (SSSR count). The first-order chi connectivity index (χ1) is 6.34. The summed E-state index contributed by atoms with van der Waals surface area (Å²) < 4.78 is 7.83. The van der Waals surface area contributed by atoms with Crippen molar-refractivity contribution in [3.63, 3.8) is 0 Å². The summed E-state index contributed by atoms with van der Waals surface area (Å²) in [6.07, 6.45) is 4.52. The third kappa shape index (κ3) is 2.32. The maximum atomic E-state index is 5.66. The second-order valence-electron chi connectivity index (χ2n) is 3.63. The standard InChI is InChI=1S/C10H16N2O/c1-11-6-7-13-10(8-11)9-12-4-2-3-5-12/h2-5,10H,6-9H2,1H3. The molecule has 0 aliphatic carbocycles. The van der Waals surface area contributed by atoms with Crippen molar-refractivity contribution >= 4 is 0 Å². The molecule has 1 aromatic rings. The molecule has 3 heteroatoms. The normalized spacial score (nSPS) is 24.8. The van der Waals surface area contributed by atoms with Gasteiger partial charge in [0.15, 0.2) is 0 Å². The quantitative estimate of drug-likeness (QED) is 0.670. The smallest absolute Gasteiger partial charge is 0.0880 e. The summed E-state index contributed by atoms with van der Waals surface area (Å²) in [4.78, 5) is 2.32. The number of morpholine rings is 1.